The minimum atomic E-state index is -0.889. The topological polar surface area (TPSA) is 87.7 Å². The lowest BCUT2D eigenvalue weighted by Gasteiger charge is -2.45. The molecule has 0 aliphatic heterocycles. The van der Waals surface area contributed by atoms with Gasteiger partial charge in [-0.1, -0.05) is 31.2 Å². The standard InChI is InChI=1S/C26H43N3O4/c1-12-26(10,11)29(22(31)18(3)27-23(32)33-25(7,8)9)20(21(30)28-24(4,5)6)19-16-14-13-15-17(19)2/h13-16,18,20H,12H2,1-11H3,(H,27,32)(H,28,30). The molecule has 3 amide bonds. The van der Waals surface area contributed by atoms with Crippen molar-refractivity contribution < 1.29 is 19.1 Å². The number of rotatable bonds is 7. The highest BCUT2D eigenvalue weighted by atomic mass is 16.6. The van der Waals surface area contributed by atoms with Gasteiger partial charge in [-0.25, -0.2) is 4.79 Å². The van der Waals surface area contributed by atoms with Gasteiger partial charge in [0.05, 0.1) is 0 Å². The summed E-state index contributed by atoms with van der Waals surface area (Å²) in [5.74, 6) is -0.624. The fourth-order valence-corrected chi connectivity index (χ4v) is 3.43. The Morgan fingerprint density at radius 3 is 2.00 bits per heavy atom. The molecule has 2 atom stereocenters. The number of carbonyl (C=O) groups is 3. The van der Waals surface area contributed by atoms with E-state index in [1.54, 1.807) is 32.6 Å². The van der Waals surface area contributed by atoms with Gasteiger partial charge in [0.25, 0.3) is 0 Å². The van der Waals surface area contributed by atoms with Crippen LogP contribution in [0, 0.1) is 6.92 Å². The fraction of sp³-hybridized carbons (Fsp3) is 0.654. The van der Waals surface area contributed by atoms with E-state index in [4.69, 9.17) is 4.74 Å². The molecule has 0 bridgehead atoms. The van der Waals surface area contributed by atoms with Crippen molar-refractivity contribution in [2.24, 2.45) is 0 Å². The van der Waals surface area contributed by atoms with Gasteiger partial charge in [0.1, 0.15) is 17.7 Å². The highest BCUT2D eigenvalue weighted by Crippen LogP contribution is 2.33. The summed E-state index contributed by atoms with van der Waals surface area (Å²) in [5.41, 5.74) is -0.180. The lowest BCUT2D eigenvalue weighted by atomic mass is 9.90. The number of nitrogens with zero attached hydrogens (tertiary/aromatic N) is 1. The number of aryl methyl sites for hydroxylation is 1. The summed E-state index contributed by atoms with van der Waals surface area (Å²) in [6.45, 7) is 20.4. The SMILES string of the molecule is CCC(C)(C)N(C(=O)C(C)NC(=O)OC(C)(C)C)C(C(=O)NC(C)(C)C)c1ccccc1C. The van der Waals surface area contributed by atoms with E-state index in [9.17, 15) is 14.4 Å². The minimum absolute atomic E-state index is 0.267. The molecule has 0 aliphatic rings. The molecular formula is C26H43N3O4. The van der Waals surface area contributed by atoms with E-state index in [0.717, 1.165) is 11.1 Å². The monoisotopic (exact) mass is 461 g/mol. The van der Waals surface area contributed by atoms with Crippen molar-refractivity contribution >= 4 is 17.9 Å². The Hall–Kier alpha value is -2.57. The number of nitrogens with one attached hydrogen (secondary N) is 2. The molecule has 2 unspecified atom stereocenters. The van der Waals surface area contributed by atoms with E-state index in [0.29, 0.717) is 6.42 Å². The quantitative estimate of drug-likeness (QED) is 0.606. The summed E-state index contributed by atoms with van der Waals surface area (Å²) in [5, 5.41) is 5.68. The number of alkyl carbamates (subject to hydrolysis) is 1. The molecule has 1 aromatic rings. The van der Waals surface area contributed by atoms with Crippen LogP contribution in [0.5, 0.6) is 0 Å². The average molecular weight is 462 g/mol. The van der Waals surface area contributed by atoms with E-state index in [2.05, 4.69) is 10.6 Å². The van der Waals surface area contributed by atoms with Crippen LogP contribution >= 0.6 is 0 Å². The smallest absolute Gasteiger partial charge is 0.408 e. The summed E-state index contributed by atoms with van der Waals surface area (Å²) < 4.78 is 5.33. The first kappa shape index (κ1) is 28.5. The molecule has 0 spiro atoms. The molecule has 1 aromatic carbocycles. The normalized spacial score (nSPS) is 14.2. The second kappa shape index (κ2) is 10.6. The van der Waals surface area contributed by atoms with Crippen LogP contribution in [0.1, 0.15) is 92.8 Å². The first-order valence-corrected chi connectivity index (χ1v) is 11.6. The highest BCUT2D eigenvalue weighted by Gasteiger charge is 2.43. The van der Waals surface area contributed by atoms with Crippen LogP contribution in [0.2, 0.25) is 0 Å². The fourth-order valence-electron chi connectivity index (χ4n) is 3.43. The van der Waals surface area contributed by atoms with Gasteiger partial charge in [0.2, 0.25) is 11.8 Å². The Morgan fingerprint density at radius 2 is 1.55 bits per heavy atom. The van der Waals surface area contributed by atoms with Gasteiger partial charge in [-0.2, -0.15) is 0 Å². The van der Waals surface area contributed by atoms with E-state index < -0.39 is 34.9 Å². The number of hydrogen-bond donors (Lipinski definition) is 2. The molecule has 33 heavy (non-hydrogen) atoms. The third-order valence-electron chi connectivity index (χ3n) is 5.35. The van der Waals surface area contributed by atoms with Gasteiger partial charge < -0.3 is 20.3 Å². The summed E-state index contributed by atoms with van der Waals surface area (Å²) in [7, 11) is 0. The van der Waals surface area contributed by atoms with Crippen molar-refractivity contribution in [2.45, 2.75) is 111 Å². The zero-order valence-electron chi connectivity index (χ0n) is 22.3. The van der Waals surface area contributed by atoms with Crippen LogP contribution in [0.25, 0.3) is 0 Å². The van der Waals surface area contributed by atoms with Crippen molar-refractivity contribution in [1.29, 1.82) is 0 Å². The second-order valence-electron chi connectivity index (χ2n) is 11.2. The first-order valence-electron chi connectivity index (χ1n) is 11.6. The molecule has 186 valence electrons. The van der Waals surface area contributed by atoms with Gasteiger partial charge in [0, 0.05) is 11.1 Å². The molecular weight excluding hydrogens is 418 g/mol. The summed E-state index contributed by atoms with van der Waals surface area (Å²) in [6.07, 6.45) is -0.0625. The van der Waals surface area contributed by atoms with Crippen LogP contribution in [-0.2, 0) is 14.3 Å². The molecule has 0 heterocycles. The number of hydrogen-bond acceptors (Lipinski definition) is 4. The second-order valence-corrected chi connectivity index (χ2v) is 11.2. The first-order chi connectivity index (χ1) is 14.9. The maximum Gasteiger partial charge on any atom is 0.408 e. The molecule has 2 N–H and O–H groups in total. The Morgan fingerprint density at radius 1 is 1.00 bits per heavy atom. The van der Waals surface area contributed by atoms with Gasteiger partial charge in [-0.15, -0.1) is 0 Å². The predicted molar refractivity (Wildman–Crippen MR) is 132 cm³/mol. The molecule has 1 rings (SSSR count). The third-order valence-corrected chi connectivity index (χ3v) is 5.35. The largest absolute Gasteiger partial charge is 0.444 e. The van der Waals surface area contributed by atoms with Crippen molar-refractivity contribution in [3.8, 4) is 0 Å². The maximum absolute atomic E-state index is 13.8. The average Bonchev–Trinajstić information content (AvgIpc) is 2.63. The minimum Gasteiger partial charge on any atom is -0.444 e. The molecule has 0 radical (unpaired) electrons. The van der Waals surface area contributed by atoms with Crippen molar-refractivity contribution in [1.82, 2.24) is 15.5 Å². The Kier molecular flexibility index (Phi) is 9.12. The number of benzene rings is 1. The predicted octanol–water partition coefficient (Wildman–Crippen LogP) is 4.88. The molecule has 0 aliphatic carbocycles. The van der Waals surface area contributed by atoms with Crippen LogP contribution in [0.3, 0.4) is 0 Å². The number of amides is 3. The van der Waals surface area contributed by atoms with Crippen LogP contribution in [0.15, 0.2) is 24.3 Å². The number of carbonyl (C=O) groups excluding carboxylic acids is 3. The van der Waals surface area contributed by atoms with Crippen molar-refractivity contribution in [2.75, 3.05) is 0 Å². The Balaban J connectivity index is 3.52. The van der Waals surface area contributed by atoms with E-state index >= 15 is 0 Å². The zero-order valence-corrected chi connectivity index (χ0v) is 22.3. The summed E-state index contributed by atoms with van der Waals surface area (Å²) >= 11 is 0. The van der Waals surface area contributed by atoms with Gasteiger partial charge in [-0.3, -0.25) is 9.59 Å². The summed E-state index contributed by atoms with van der Waals surface area (Å²) in [4.78, 5) is 41.4. The Labute approximate surface area is 199 Å². The van der Waals surface area contributed by atoms with Gasteiger partial charge in [-0.05, 0) is 86.8 Å². The highest BCUT2D eigenvalue weighted by molar-refractivity contribution is 5.92. The molecule has 0 aromatic heterocycles. The molecule has 0 saturated carbocycles. The van der Waals surface area contributed by atoms with Gasteiger partial charge >= 0.3 is 6.09 Å². The van der Waals surface area contributed by atoms with E-state index in [1.165, 1.54) is 0 Å². The number of ether oxygens (including phenoxy) is 1. The molecule has 7 heteroatoms. The van der Waals surface area contributed by atoms with Gasteiger partial charge in [0.15, 0.2) is 0 Å². The summed E-state index contributed by atoms with van der Waals surface area (Å²) in [6, 6.07) is 5.82. The van der Waals surface area contributed by atoms with Crippen LogP contribution in [0.4, 0.5) is 4.79 Å². The molecule has 7 nitrogen and oxygen atoms in total. The lowest BCUT2D eigenvalue weighted by Crippen LogP contribution is -2.59. The van der Waals surface area contributed by atoms with E-state index in [-0.39, 0.29) is 11.8 Å². The van der Waals surface area contributed by atoms with Crippen molar-refractivity contribution in [3.05, 3.63) is 35.4 Å². The molecule has 0 fully saturated rings. The van der Waals surface area contributed by atoms with E-state index in [1.807, 2.05) is 72.7 Å². The zero-order chi connectivity index (χ0) is 25.8. The van der Waals surface area contributed by atoms with Crippen LogP contribution in [-0.4, -0.2) is 45.5 Å². The van der Waals surface area contributed by atoms with Crippen molar-refractivity contribution in [3.63, 3.8) is 0 Å². The lowest BCUT2D eigenvalue weighted by molar-refractivity contribution is -0.149. The maximum atomic E-state index is 13.8. The van der Waals surface area contributed by atoms with Crippen LogP contribution < -0.4 is 10.6 Å². The molecule has 0 saturated heterocycles. The Bertz CT molecular complexity index is 850. The third kappa shape index (κ3) is 8.37.